The van der Waals surface area contributed by atoms with Crippen LogP contribution in [0.3, 0.4) is 0 Å². The summed E-state index contributed by atoms with van der Waals surface area (Å²) in [5.74, 6) is -1.35. The number of thiophene rings is 1. The molecule has 0 amide bonds. The Labute approximate surface area is 201 Å². The Bertz CT molecular complexity index is 1480. The van der Waals surface area contributed by atoms with Crippen molar-refractivity contribution in [3.63, 3.8) is 0 Å². The van der Waals surface area contributed by atoms with Gasteiger partial charge in [-0.2, -0.15) is 0 Å². The average Bonchev–Trinajstić information content (AvgIpc) is 3.23. The second kappa shape index (κ2) is 9.43. The summed E-state index contributed by atoms with van der Waals surface area (Å²) in [5.41, 5.74) is -0.0882. The molecule has 0 radical (unpaired) electrons. The van der Waals surface area contributed by atoms with Crippen LogP contribution >= 0.6 is 11.3 Å². The third kappa shape index (κ3) is 4.61. The van der Waals surface area contributed by atoms with Gasteiger partial charge in [0.25, 0.3) is 21.3 Å². The first-order valence-corrected chi connectivity index (χ1v) is 13.0. The predicted octanol–water partition coefficient (Wildman–Crippen LogP) is 4.68. The Kier molecular flexibility index (Phi) is 6.57. The highest BCUT2D eigenvalue weighted by Gasteiger charge is 2.26. The van der Waals surface area contributed by atoms with Gasteiger partial charge in [0.15, 0.2) is 0 Å². The fourth-order valence-corrected chi connectivity index (χ4v) is 6.40. The van der Waals surface area contributed by atoms with Gasteiger partial charge in [-0.25, -0.2) is 21.7 Å². The molecule has 176 valence electrons. The van der Waals surface area contributed by atoms with Crippen molar-refractivity contribution in [2.75, 3.05) is 16.1 Å². The monoisotopic (exact) mass is 518 g/mol. The summed E-state index contributed by atoms with van der Waals surface area (Å²) < 4.78 is 58.5. The molecule has 9 nitrogen and oxygen atoms in total. The molecular weight excluding hydrogens is 500 g/mol. The van der Waals surface area contributed by atoms with Gasteiger partial charge < -0.3 is 9.84 Å². The zero-order valence-corrected chi connectivity index (χ0v) is 20.0. The van der Waals surface area contributed by atoms with E-state index in [-0.39, 0.29) is 27.6 Å². The number of anilines is 3. The number of carboxylic acids is 1. The molecule has 0 aliphatic heterocycles. The Balaban J connectivity index is 1.80. The second-order valence-electron chi connectivity index (χ2n) is 6.94. The van der Waals surface area contributed by atoms with E-state index in [2.05, 4.69) is 4.72 Å². The van der Waals surface area contributed by atoms with Crippen LogP contribution in [0.15, 0.2) is 77.7 Å². The normalized spacial score (nSPS) is 12.3. The van der Waals surface area contributed by atoms with Crippen LogP contribution in [0, 0.1) is 0 Å². The molecule has 12 heteroatoms. The van der Waals surface area contributed by atoms with Crippen LogP contribution in [-0.2, 0) is 21.3 Å². The Morgan fingerprint density at radius 2 is 1.76 bits per heavy atom. The minimum atomic E-state index is -4.34. The van der Waals surface area contributed by atoms with Crippen molar-refractivity contribution in [2.45, 2.75) is 4.90 Å². The number of para-hydroxylation sites is 2. The molecule has 0 saturated heterocycles. The van der Waals surface area contributed by atoms with E-state index in [1.54, 1.807) is 18.2 Å². The molecule has 1 aromatic heterocycles. The number of carboxylic acid groups (broad SMARTS) is 1. The molecule has 0 saturated carbocycles. The summed E-state index contributed by atoms with van der Waals surface area (Å²) in [4.78, 5) is 11.0. The largest absolute Gasteiger partial charge is 0.495 e. The van der Waals surface area contributed by atoms with E-state index in [1.165, 1.54) is 42.7 Å². The number of methoxy groups -OCH3 is 1. The van der Waals surface area contributed by atoms with Crippen molar-refractivity contribution in [3.05, 3.63) is 78.4 Å². The van der Waals surface area contributed by atoms with Gasteiger partial charge in [0, 0.05) is 4.70 Å². The molecule has 4 aromatic rings. The minimum Gasteiger partial charge on any atom is -0.495 e. The third-order valence-corrected chi connectivity index (χ3v) is 8.15. The SMILES string of the molecule is COc1ccc(C(=O)O)cc1S(=O)(=O)Nc1ccccc1N(c1cc2ccccc2s1)S(=O)O. The minimum absolute atomic E-state index is 0.0186. The number of rotatable bonds is 8. The van der Waals surface area contributed by atoms with Gasteiger partial charge in [-0.15, -0.1) is 11.3 Å². The van der Waals surface area contributed by atoms with Crippen molar-refractivity contribution >= 4 is 65.1 Å². The topological polar surface area (TPSA) is 133 Å². The van der Waals surface area contributed by atoms with Crippen LogP contribution in [0.5, 0.6) is 5.75 Å². The molecule has 1 atom stereocenters. The molecule has 1 heterocycles. The van der Waals surface area contributed by atoms with Crippen LogP contribution in [0.2, 0.25) is 0 Å². The Morgan fingerprint density at radius 3 is 2.44 bits per heavy atom. The number of hydrogen-bond donors (Lipinski definition) is 3. The number of nitrogens with zero attached hydrogens (tertiary/aromatic N) is 1. The number of sulfonamides is 1. The number of aromatic carboxylic acids is 1. The number of fused-ring (bicyclic) bond motifs is 1. The van der Waals surface area contributed by atoms with Gasteiger partial charge >= 0.3 is 5.97 Å². The van der Waals surface area contributed by atoms with Crippen LogP contribution in [0.1, 0.15) is 10.4 Å². The molecule has 3 aromatic carbocycles. The van der Waals surface area contributed by atoms with E-state index in [4.69, 9.17) is 4.74 Å². The molecule has 4 rings (SSSR count). The molecule has 0 bridgehead atoms. The van der Waals surface area contributed by atoms with Gasteiger partial charge in [0.05, 0.1) is 24.0 Å². The molecule has 34 heavy (non-hydrogen) atoms. The fraction of sp³-hybridized carbons (Fsp3) is 0.0455. The summed E-state index contributed by atoms with van der Waals surface area (Å²) in [7, 11) is -3.08. The lowest BCUT2D eigenvalue weighted by Gasteiger charge is -2.22. The highest BCUT2D eigenvalue weighted by molar-refractivity contribution is 7.92. The van der Waals surface area contributed by atoms with Crippen LogP contribution in [-0.4, -0.2) is 35.4 Å². The highest BCUT2D eigenvalue weighted by atomic mass is 32.2. The van der Waals surface area contributed by atoms with Crippen molar-refractivity contribution in [1.29, 1.82) is 0 Å². The van der Waals surface area contributed by atoms with Gasteiger partial charge in [-0.3, -0.25) is 9.27 Å². The number of benzene rings is 3. The summed E-state index contributed by atoms with van der Waals surface area (Å²) in [6.07, 6.45) is 0. The smallest absolute Gasteiger partial charge is 0.335 e. The molecule has 0 aliphatic carbocycles. The van der Waals surface area contributed by atoms with Crippen LogP contribution in [0.4, 0.5) is 16.4 Å². The van der Waals surface area contributed by atoms with Crippen molar-refractivity contribution in [1.82, 2.24) is 0 Å². The lowest BCUT2D eigenvalue weighted by atomic mass is 10.2. The summed E-state index contributed by atoms with van der Waals surface area (Å²) >= 11 is -1.25. The standard InChI is InChI=1S/C22H18N2O7S3/c1-31-18-11-10-15(22(25)26)12-20(18)34(29,30)23-16-7-3-4-8-17(16)24(33(27)28)21-13-14-6-2-5-9-19(14)32-21/h2-13,23H,1H3,(H,25,26)(H,27,28). The van der Waals surface area contributed by atoms with E-state index in [0.29, 0.717) is 5.00 Å². The van der Waals surface area contributed by atoms with Crippen molar-refractivity contribution in [3.8, 4) is 5.75 Å². The maximum absolute atomic E-state index is 13.2. The molecule has 0 aliphatic rings. The van der Waals surface area contributed by atoms with Gasteiger partial charge in [-0.1, -0.05) is 30.3 Å². The number of nitrogens with one attached hydrogen (secondary N) is 1. The molecule has 0 fully saturated rings. The van der Waals surface area contributed by atoms with Crippen LogP contribution < -0.4 is 13.8 Å². The van der Waals surface area contributed by atoms with Crippen molar-refractivity contribution < 1.29 is 31.8 Å². The number of carbonyl (C=O) groups is 1. The van der Waals surface area contributed by atoms with Crippen molar-refractivity contribution in [2.24, 2.45) is 0 Å². The van der Waals surface area contributed by atoms with E-state index in [1.807, 2.05) is 24.3 Å². The summed E-state index contributed by atoms with van der Waals surface area (Å²) in [5, 5.41) is 10.6. The molecule has 3 N–H and O–H groups in total. The van der Waals surface area contributed by atoms with Gasteiger partial charge in [-0.05, 0) is 47.9 Å². The van der Waals surface area contributed by atoms with Gasteiger partial charge in [0.1, 0.15) is 15.6 Å². The molecular formula is C22H18N2O7S3. The van der Waals surface area contributed by atoms with E-state index >= 15 is 0 Å². The summed E-state index contributed by atoms with van der Waals surface area (Å²) in [6.45, 7) is 0. The lowest BCUT2D eigenvalue weighted by molar-refractivity contribution is 0.0696. The average molecular weight is 519 g/mol. The Hall–Kier alpha value is -3.45. The first-order chi connectivity index (χ1) is 16.2. The second-order valence-corrected chi connectivity index (χ2v) is 10.5. The molecule has 0 spiro atoms. The highest BCUT2D eigenvalue weighted by Crippen LogP contribution is 2.40. The van der Waals surface area contributed by atoms with E-state index < -0.39 is 27.3 Å². The zero-order chi connectivity index (χ0) is 24.5. The Morgan fingerprint density at radius 1 is 1.06 bits per heavy atom. The van der Waals surface area contributed by atoms with E-state index in [0.717, 1.165) is 20.5 Å². The van der Waals surface area contributed by atoms with Crippen LogP contribution in [0.25, 0.3) is 10.1 Å². The molecule has 1 unspecified atom stereocenters. The lowest BCUT2D eigenvalue weighted by Crippen LogP contribution is -2.21. The number of hydrogen-bond acceptors (Lipinski definition) is 6. The fourth-order valence-electron chi connectivity index (χ4n) is 3.30. The first kappa shape index (κ1) is 23.7. The summed E-state index contributed by atoms with van der Waals surface area (Å²) in [6, 6.07) is 18.7. The van der Waals surface area contributed by atoms with E-state index in [9.17, 15) is 27.1 Å². The maximum atomic E-state index is 13.2. The zero-order valence-electron chi connectivity index (χ0n) is 17.5. The quantitative estimate of drug-likeness (QED) is 0.288. The van der Waals surface area contributed by atoms with Gasteiger partial charge in [0.2, 0.25) is 0 Å². The number of ether oxygens (including phenoxy) is 1. The first-order valence-electron chi connectivity index (χ1n) is 9.64. The predicted molar refractivity (Wildman–Crippen MR) is 132 cm³/mol. The maximum Gasteiger partial charge on any atom is 0.335 e. The third-order valence-electron chi connectivity index (χ3n) is 4.84.